The van der Waals surface area contributed by atoms with Crippen molar-refractivity contribution in [3.8, 4) is 5.75 Å². The molecular formula is C14H19NO. The largest absolute Gasteiger partial charge is 0.497 e. The zero-order valence-electron chi connectivity index (χ0n) is 10.3. The Morgan fingerprint density at radius 3 is 2.50 bits per heavy atom. The molecule has 1 aromatic rings. The van der Waals surface area contributed by atoms with Crippen molar-refractivity contribution >= 4 is 5.71 Å². The predicted molar refractivity (Wildman–Crippen MR) is 67.6 cm³/mol. The van der Waals surface area contributed by atoms with Crippen molar-refractivity contribution in [1.82, 2.24) is 0 Å². The normalized spacial score (nSPS) is 25.1. The van der Waals surface area contributed by atoms with E-state index in [9.17, 15) is 0 Å². The van der Waals surface area contributed by atoms with E-state index in [1.807, 2.05) is 12.1 Å². The van der Waals surface area contributed by atoms with Crippen molar-refractivity contribution in [2.24, 2.45) is 4.99 Å². The Labute approximate surface area is 97.4 Å². The number of rotatable bonds is 2. The van der Waals surface area contributed by atoms with E-state index in [0.29, 0.717) is 0 Å². The molecule has 1 aliphatic heterocycles. The Hall–Kier alpha value is -1.31. The van der Waals surface area contributed by atoms with Gasteiger partial charge in [-0.1, -0.05) is 19.1 Å². The Morgan fingerprint density at radius 1 is 1.25 bits per heavy atom. The van der Waals surface area contributed by atoms with Gasteiger partial charge in [0.05, 0.1) is 7.11 Å². The van der Waals surface area contributed by atoms with Crippen molar-refractivity contribution in [1.29, 1.82) is 0 Å². The summed E-state index contributed by atoms with van der Waals surface area (Å²) in [6.07, 6.45) is 2.37. The van der Waals surface area contributed by atoms with Crippen LogP contribution in [0.1, 0.15) is 32.3 Å². The first-order chi connectivity index (χ1) is 7.66. The van der Waals surface area contributed by atoms with Crippen LogP contribution in [0.25, 0.3) is 0 Å². The molecule has 0 fully saturated rings. The van der Waals surface area contributed by atoms with E-state index in [4.69, 9.17) is 4.74 Å². The van der Waals surface area contributed by atoms with Crippen LogP contribution in [0, 0.1) is 0 Å². The monoisotopic (exact) mass is 217 g/mol. The molecule has 2 rings (SSSR count). The summed E-state index contributed by atoms with van der Waals surface area (Å²) in [5, 5.41) is 0. The molecule has 1 aromatic carbocycles. The molecule has 0 saturated heterocycles. The van der Waals surface area contributed by atoms with Crippen LogP contribution < -0.4 is 4.74 Å². The average Bonchev–Trinajstić information content (AvgIpc) is 2.33. The zero-order chi connectivity index (χ0) is 11.6. The van der Waals surface area contributed by atoms with Gasteiger partial charge in [0.15, 0.2) is 0 Å². The maximum Gasteiger partial charge on any atom is 0.118 e. The maximum atomic E-state index is 5.19. The molecule has 0 saturated carbocycles. The fourth-order valence-corrected chi connectivity index (χ4v) is 2.35. The third-order valence-corrected chi connectivity index (χ3v) is 3.71. The number of nitrogens with zero attached hydrogens (tertiary/aromatic N) is 1. The number of hydrogen-bond acceptors (Lipinski definition) is 2. The lowest BCUT2D eigenvalue weighted by Crippen LogP contribution is -2.33. The van der Waals surface area contributed by atoms with Crippen LogP contribution in [0.2, 0.25) is 0 Å². The van der Waals surface area contributed by atoms with Crippen molar-refractivity contribution in [2.75, 3.05) is 13.7 Å². The summed E-state index contributed by atoms with van der Waals surface area (Å²) in [7, 11) is 1.70. The van der Waals surface area contributed by atoms with Gasteiger partial charge in [0.1, 0.15) is 5.75 Å². The van der Waals surface area contributed by atoms with Gasteiger partial charge in [0.2, 0.25) is 0 Å². The second-order valence-electron chi connectivity index (χ2n) is 4.63. The SMILES string of the molecule is COc1ccc([C@@]2(C)CCCN=C2C)cc1. The lowest BCUT2D eigenvalue weighted by Gasteiger charge is -2.33. The minimum Gasteiger partial charge on any atom is -0.497 e. The highest BCUT2D eigenvalue weighted by Crippen LogP contribution is 2.34. The molecule has 16 heavy (non-hydrogen) atoms. The molecule has 0 spiro atoms. The van der Waals surface area contributed by atoms with E-state index >= 15 is 0 Å². The second kappa shape index (κ2) is 4.28. The van der Waals surface area contributed by atoms with Gasteiger partial charge in [-0.15, -0.1) is 0 Å². The van der Waals surface area contributed by atoms with Gasteiger partial charge in [-0.05, 0) is 37.5 Å². The van der Waals surface area contributed by atoms with E-state index in [2.05, 4.69) is 31.0 Å². The Bertz CT molecular complexity index is 394. The van der Waals surface area contributed by atoms with Crippen LogP contribution in [0.3, 0.4) is 0 Å². The molecule has 0 amide bonds. The Kier molecular flexibility index (Phi) is 2.99. The molecule has 0 aliphatic carbocycles. The maximum absolute atomic E-state index is 5.19. The minimum absolute atomic E-state index is 0.116. The highest BCUT2D eigenvalue weighted by Gasteiger charge is 2.31. The molecule has 1 heterocycles. The smallest absolute Gasteiger partial charge is 0.118 e. The highest BCUT2D eigenvalue weighted by molar-refractivity contribution is 5.93. The van der Waals surface area contributed by atoms with E-state index in [-0.39, 0.29) is 5.41 Å². The molecule has 1 aliphatic rings. The van der Waals surface area contributed by atoms with Crippen LogP contribution in [0.15, 0.2) is 29.3 Å². The highest BCUT2D eigenvalue weighted by atomic mass is 16.5. The van der Waals surface area contributed by atoms with Crippen molar-refractivity contribution in [3.63, 3.8) is 0 Å². The van der Waals surface area contributed by atoms with Crippen molar-refractivity contribution in [3.05, 3.63) is 29.8 Å². The third kappa shape index (κ3) is 1.84. The summed E-state index contributed by atoms with van der Waals surface area (Å²) < 4.78 is 5.19. The topological polar surface area (TPSA) is 21.6 Å². The van der Waals surface area contributed by atoms with E-state index in [1.165, 1.54) is 24.1 Å². The summed E-state index contributed by atoms with van der Waals surface area (Å²) in [6, 6.07) is 8.37. The van der Waals surface area contributed by atoms with Crippen molar-refractivity contribution in [2.45, 2.75) is 32.1 Å². The number of benzene rings is 1. The predicted octanol–water partition coefficient (Wildman–Crippen LogP) is 3.21. The number of hydrogen-bond donors (Lipinski definition) is 0. The fraction of sp³-hybridized carbons (Fsp3) is 0.500. The van der Waals surface area contributed by atoms with Crippen LogP contribution >= 0.6 is 0 Å². The molecule has 0 radical (unpaired) electrons. The first-order valence-corrected chi connectivity index (χ1v) is 5.83. The molecule has 0 N–H and O–H groups in total. The van der Waals surface area contributed by atoms with Gasteiger partial charge in [0.25, 0.3) is 0 Å². The molecule has 2 nitrogen and oxygen atoms in total. The minimum atomic E-state index is 0.116. The van der Waals surface area contributed by atoms with Gasteiger partial charge in [-0.3, -0.25) is 4.99 Å². The lowest BCUT2D eigenvalue weighted by atomic mass is 9.73. The first kappa shape index (κ1) is 11.2. The van der Waals surface area contributed by atoms with Gasteiger partial charge in [-0.2, -0.15) is 0 Å². The summed E-state index contributed by atoms with van der Waals surface area (Å²) in [6.45, 7) is 5.41. The summed E-state index contributed by atoms with van der Waals surface area (Å²) in [4.78, 5) is 4.59. The Morgan fingerprint density at radius 2 is 1.94 bits per heavy atom. The molecular weight excluding hydrogens is 198 g/mol. The molecule has 2 heteroatoms. The third-order valence-electron chi connectivity index (χ3n) is 3.71. The van der Waals surface area contributed by atoms with E-state index in [1.54, 1.807) is 7.11 Å². The van der Waals surface area contributed by atoms with Crippen LogP contribution in [-0.4, -0.2) is 19.4 Å². The number of methoxy groups -OCH3 is 1. The summed E-state index contributed by atoms with van der Waals surface area (Å²) in [5.74, 6) is 0.915. The van der Waals surface area contributed by atoms with Crippen LogP contribution in [0.5, 0.6) is 5.75 Å². The van der Waals surface area contributed by atoms with Gasteiger partial charge < -0.3 is 4.74 Å². The average molecular weight is 217 g/mol. The molecule has 0 unspecified atom stereocenters. The van der Waals surface area contributed by atoms with Crippen molar-refractivity contribution < 1.29 is 4.74 Å². The zero-order valence-corrected chi connectivity index (χ0v) is 10.3. The summed E-state index contributed by atoms with van der Waals surface area (Å²) >= 11 is 0. The Balaban J connectivity index is 2.34. The van der Waals surface area contributed by atoms with Gasteiger partial charge in [0, 0.05) is 17.7 Å². The van der Waals surface area contributed by atoms with E-state index < -0.39 is 0 Å². The standard InChI is InChI=1S/C14H19NO/c1-11-14(2,9-4-10-15-11)12-5-7-13(16-3)8-6-12/h5-8H,4,9-10H2,1-3H3/t14-/m0/s1. The van der Waals surface area contributed by atoms with Crippen LogP contribution in [0.4, 0.5) is 0 Å². The molecule has 0 aromatic heterocycles. The van der Waals surface area contributed by atoms with Crippen LogP contribution in [-0.2, 0) is 5.41 Å². The first-order valence-electron chi connectivity index (χ1n) is 5.83. The summed E-state index contributed by atoms with van der Waals surface area (Å²) in [5.41, 5.74) is 2.71. The molecule has 86 valence electrons. The molecule has 1 atom stereocenters. The second-order valence-corrected chi connectivity index (χ2v) is 4.63. The quantitative estimate of drug-likeness (QED) is 0.745. The van der Waals surface area contributed by atoms with Gasteiger partial charge in [-0.25, -0.2) is 0 Å². The lowest BCUT2D eigenvalue weighted by molar-refractivity contribution is 0.414. The number of aliphatic imine (C=N–C) groups is 1. The van der Waals surface area contributed by atoms with E-state index in [0.717, 1.165) is 12.3 Å². The number of ether oxygens (including phenoxy) is 1. The van der Waals surface area contributed by atoms with Gasteiger partial charge >= 0.3 is 0 Å². The fourth-order valence-electron chi connectivity index (χ4n) is 2.35. The molecule has 0 bridgehead atoms.